The first-order valence-electron chi connectivity index (χ1n) is 6.10. The van der Waals surface area contributed by atoms with Gasteiger partial charge in [-0.1, -0.05) is 41.0 Å². The predicted molar refractivity (Wildman–Crippen MR) is 61.1 cm³/mol. The number of hydrogen-bond acceptors (Lipinski definition) is 1. The van der Waals surface area contributed by atoms with Crippen molar-refractivity contribution >= 4 is 0 Å². The van der Waals surface area contributed by atoms with Crippen LogP contribution in [0.25, 0.3) is 0 Å². The molecule has 0 aromatic carbocycles. The summed E-state index contributed by atoms with van der Waals surface area (Å²) >= 11 is 0. The highest BCUT2D eigenvalue weighted by molar-refractivity contribution is 4.95. The van der Waals surface area contributed by atoms with Crippen molar-refractivity contribution in [1.29, 1.82) is 0 Å². The Hall–Kier alpha value is -0.0400. The Labute approximate surface area is 88.9 Å². The van der Waals surface area contributed by atoms with Crippen LogP contribution in [0.5, 0.6) is 0 Å². The molecule has 0 heterocycles. The van der Waals surface area contributed by atoms with Crippen LogP contribution in [0.2, 0.25) is 0 Å². The molecule has 0 aromatic rings. The highest BCUT2D eigenvalue weighted by Crippen LogP contribution is 2.44. The second-order valence-electron chi connectivity index (χ2n) is 5.88. The zero-order valence-electron chi connectivity index (χ0n) is 10.4. The van der Waals surface area contributed by atoms with Crippen LogP contribution in [0.1, 0.15) is 53.9 Å². The van der Waals surface area contributed by atoms with Gasteiger partial charge in [0.15, 0.2) is 0 Å². The lowest BCUT2D eigenvalue weighted by molar-refractivity contribution is -0.112. The lowest BCUT2D eigenvalue weighted by Crippen LogP contribution is -2.49. The maximum Gasteiger partial charge on any atom is 0.0703 e. The molecule has 1 aliphatic rings. The fourth-order valence-corrected chi connectivity index (χ4v) is 3.10. The summed E-state index contributed by atoms with van der Waals surface area (Å²) in [7, 11) is 0. The van der Waals surface area contributed by atoms with Crippen LogP contribution in [-0.4, -0.2) is 10.7 Å². The fourth-order valence-electron chi connectivity index (χ4n) is 3.10. The van der Waals surface area contributed by atoms with Crippen molar-refractivity contribution in [3.63, 3.8) is 0 Å². The minimum Gasteiger partial charge on any atom is -0.389 e. The van der Waals surface area contributed by atoms with Gasteiger partial charge in [0, 0.05) is 0 Å². The molecule has 1 heteroatoms. The average molecular weight is 198 g/mol. The van der Waals surface area contributed by atoms with Crippen molar-refractivity contribution in [2.75, 3.05) is 0 Å². The molecule has 1 aliphatic carbocycles. The Morgan fingerprint density at radius 2 is 1.71 bits per heavy atom. The summed E-state index contributed by atoms with van der Waals surface area (Å²) < 4.78 is 0. The van der Waals surface area contributed by atoms with E-state index in [4.69, 9.17) is 0 Å². The van der Waals surface area contributed by atoms with Gasteiger partial charge < -0.3 is 5.11 Å². The molecule has 3 atom stereocenters. The largest absolute Gasteiger partial charge is 0.389 e. The van der Waals surface area contributed by atoms with Crippen LogP contribution in [0.4, 0.5) is 0 Å². The minimum absolute atomic E-state index is 0.387. The van der Waals surface area contributed by atoms with Crippen LogP contribution >= 0.6 is 0 Å². The van der Waals surface area contributed by atoms with E-state index in [1.807, 2.05) is 0 Å². The summed E-state index contributed by atoms with van der Waals surface area (Å²) in [5.74, 6) is 2.18. The van der Waals surface area contributed by atoms with Gasteiger partial charge in [0.25, 0.3) is 0 Å². The van der Waals surface area contributed by atoms with Crippen molar-refractivity contribution in [3.8, 4) is 0 Å². The zero-order chi connectivity index (χ0) is 10.9. The quantitative estimate of drug-likeness (QED) is 0.720. The third kappa shape index (κ3) is 2.13. The van der Waals surface area contributed by atoms with Gasteiger partial charge in [-0.25, -0.2) is 0 Å². The lowest BCUT2D eigenvalue weighted by atomic mass is 9.63. The first-order valence-corrected chi connectivity index (χ1v) is 6.10. The van der Waals surface area contributed by atoms with Gasteiger partial charge in [-0.15, -0.1) is 0 Å². The Bertz CT molecular complexity index is 186. The Morgan fingerprint density at radius 3 is 2.14 bits per heavy atom. The van der Waals surface area contributed by atoms with E-state index in [1.165, 1.54) is 12.8 Å². The van der Waals surface area contributed by atoms with Crippen molar-refractivity contribution in [3.05, 3.63) is 0 Å². The Kier molecular flexibility index (Phi) is 3.63. The Morgan fingerprint density at radius 1 is 1.14 bits per heavy atom. The molecule has 1 saturated carbocycles. The highest BCUT2D eigenvalue weighted by Gasteiger charge is 2.44. The summed E-state index contributed by atoms with van der Waals surface area (Å²) in [5, 5.41) is 10.7. The molecule has 1 N–H and O–H groups in total. The van der Waals surface area contributed by atoms with Crippen LogP contribution in [0.3, 0.4) is 0 Å². The molecule has 14 heavy (non-hydrogen) atoms. The van der Waals surface area contributed by atoms with Crippen molar-refractivity contribution < 1.29 is 5.11 Å². The fraction of sp³-hybridized carbons (Fsp3) is 1.00. The number of hydrogen-bond donors (Lipinski definition) is 1. The lowest BCUT2D eigenvalue weighted by Gasteiger charge is -2.47. The van der Waals surface area contributed by atoms with Crippen LogP contribution < -0.4 is 0 Å². The molecule has 0 aromatic heterocycles. The van der Waals surface area contributed by atoms with Gasteiger partial charge in [-0.3, -0.25) is 0 Å². The van der Waals surface area contributed by atoms with Crippen molar-refractivity contribution in [1.82, 2.24) is 0 Å². The molecule has 0 radical (unpaired) electrons. The topological polar surface area (TPSA) is 20.2 Å². The predicted octanol–water partition coefficient (Wildman–Crippen LogP) is 3.47. The number of aliphatic hydroxyl groups is 1. The standard InChI is InChI=1S/C13H26O/c1-9(2)12-7-6-11(5)8-13(12,14)10(3)4/h9-12,14H,6-8H2,1-5H3/t11-,12+,13-/m1/s1. The maximum atomic E-state index is 10.7. The SMILES string of the molecule is CC(C)[C@@H]1CC[C@@H](C)C[C@@]1(O)C(C)C. The van der Waals surface area contributed by atoms with E-state index in [0.717, 1.165) is 6.42 Å². The van der Waals surface area contributed by atoms with Crippen LogP contribution in [0, 0.1) is 23.7 Å². The van der Waals surface area contributed by atoms with Gasteiger partial charge in [0.1, 0.15) is 0 Å². The molecular weight excluding hydrogens is 172 g/mol. The van der Waals surface area contributed by atoms with E-state index in [-0.39, 0.29) is 0 Å². The summed E-state index contributed by atoms with van der Waals surface area (Å²) in [6, 6.07) is 0. The third-order valence-corrected chi connectivity index (χ3v) is 4.09. The zero-order valence-corrected chi connectivity index (χ0v) is 10.4. The van der Waals surface area contributed by atoms with E-state index in [9.17, 15) is 5.11 Å². The molecule has 0 saturated heterocycles. The first-order chi connectivity index (χ1) is 6.38. The van der Waals surface area contributed by atoms with E-state index >= 15 is 0 Å². The Balaban J connectivity index is 2.83. The van der Waals surface area contributed by atoms with Gasteiger partial charge in [0.2, 0.25) is 0 Å². The number of rotatable bonds is 2. The second-order valence-corrected chi connectivity index (χ2v) is 5.88. The van der Waals surface area contributed by atoms with E-state index in [0.29, 0.717) is 23.7 Å². The molecule has 84 valence electrons. The van der Waals surface area contributed by atoms with Gasteiger partial charge >= 0.3 is 0 Å². The third-order valence-electron chi connectivity index (χ3n) is 4.09. The minimum atomic E-state index is -0.411. The summed E-state index contributed by atoms with van der Waals surface area (Å²) in [5.41, 5.74) is -0.411. The molecule has 1 rings (SSSR count). The molecule has 0 spiro atoms. The van der Waals surface area contributed by atoms with Crippen molar-refractivity contribution in [2.24, 2.45) is 23.7 Å². The van der Waals surface area contributed by atoms with Crippen LogP contribution in [0.15, 0.2) is 0 Å². The monoisotopic (exact) mass is 198 g/mol. The molecule has 0 bridgehead atoms. The molecule has 0 unspecified atom stereocenters. The molecule has 1 nitrogen and oxygen atoms in total. The maximum absolute atomic E-state index is 10.7. The van der Waals surface area contributed by atoms with E-state index < -0.39 is 5.60 Å². The summed E-state index contributed by atoms with van der Waals surface area (Å²) in [4.78, 5) is 0. The second kappa shape index (κ2) is 4.22. The van der Waals surface area contributed by atoms with Crippen LogP contribution in [-0.2, 0) is 0 Å². The highest BCUT2D eigenvalue weighted by atomic mass is 16.3. The smallest absolute Gasteiger partial charge is 0.0703 e. The van der Waals surface area contributed by atoms with E-state index in [1.54, 1.807) is 0 Å². The summed E-state index contributed by atoms with van der Waals surface area (Å²) in [6.45, 7) is 11.1. The van der Waals surface area contributed by atoms with Gasteiger partial charge in [-0.2, -0.15) is 0 Å². The first kappa shape index (κ1) is 12.0. The van der Waals surface area contributed by atoms with Gasteiger partial charge in [0.05, 0.1) is 5.60 Å². The molecule has 0 amide bonds. The van der Waals surface area contributed by atoms with Crippen molar-refractivity contribution in [2.45, 2.75) is 59.5 Å². The molecule has 1 fully saturated rings. The molecular formula is C13H26O. The normalized spacial score (nSPS) is 39.4. The van der Waals surface area contributed by atoms with E-state index in [2.05, 4.69) is 34.6 Å². The summed E-state index contributed by atoms with van der Waals surface area (Å²) in [6.07, 6.45) is 3.49. The molecule has 0 aliphatic heterocycles. The van der Waals surface area contributed by atoms with Gasteiger partial charge in [-0.05, 0) is 36.5 Å². The average Bonchev–Trinajstić information content (AvgIpc) is 2.02.